The molecule has 0 aliphatic heterocycles. The van der Waals surface area contributed by atoms with E-state index in [9.17, 15) is 0 Å². The Kier molecular flexibility index (Phi) is 5.18. The minimum Gasteiger partial charge on any atom is -0.317 e. The number of hydrogen-bond donors (Lipinski definition) is 1. The largest absolute Gasteiger partial charge is 0.317 e. The van der Waals surface area contributed by atoms with E-state index in [-0.39, 0.29) is 0 Å². The Morgan fingerprint density at radius 1 is 1.05 bits per heavy atom. The first kappa shape index (κ1) is 16.3. The zero-order valence-electron chi connectivity index (χ0n) is 14.6. The average molecular weight is 280 g/mol. The molecule has 2 saturated carbocycles. The molecule has 5 unspecified atom stereocenters. The quantitative estimate of drug-likeness (QED) is 0.827. The summed E-state index contributed by atoms with van der Waals surface area (Å²) in [6, 6.07) is 0.729. The molecule has 0 saturated heterocycles. The minimum atomic E-state index is 0.473. The third-order valence-electron chi connectivity index (χ3n) is 5.95. The fraction of sp³-hybridized carbons (Fsp3) is 1.00. The predicted molar refractivity (Wildman–Crippen MR) is 87.9 cm³/mol. The number of hydrogen-bond acceptors (Lipinski definition) is 2. The average Bonchev–Trinajstić information content (AvgIpc) is 3.03. The van der Waals surface area contributed by atoms with E-state index >= 15 is 0 Å². The highest BCUT2D eigenvalue weighted by molar-refractivity contribution is 4.91. The number of rotatable bonds is 5. The molecule has 2 rings (SSSR count). The van der Waals surface area contributed by atoms with Gasteiger partial charge in [0.15, 0.2) is 0 Å². The molecule has 0 aromatic rings. The van der Waals surface area contributed by atoms with Crippen molar-refractivity contribution in [3.8, 4) is 0 Å². The molecular formula is C18H36N2. The maximum atomic E-state index is 3.58. The topological polar surface area (TPSA) is 15.3 Å². The van der Waals surface area contributed by atoms with Gasteiger partial charge in [-0.3, -0.25) is 0 Å². The summed E-state index contributed by atoms with van der Waals surface area (Å²) in [5.74, 6) is 3.68. The van der Waals surface area contributed by atoms with Crippen LogP contribution in [0.25, 0.3) is 0 Å². The van der Waals surface area contributed by atoms with Crippen LogP contribution >= 0.6 is 0 Å². The van der Waals surface area contributed by atoms with Crippen LogP contribution in [0.2, 0.25) is 0 Å². The molecule has 2 heteroatoms. The van der Waals surface area contributed by atoms with E-state index in [1.54, 1.807) is 0 Å². The van der Waals surface area contributed by atoms with E-state index in [1.165, 1.54) is 38.8 Å². The van der Waals surface area contributed by atoms with Crippen LogP contribution < -0.4 is 5.32 Å². The normalized spacial score (nSPS) is 38.2. The highest BCUT2D eigenvalue weighted by Gasteiger charge is 2.37. The van der Waals surface area contributed by atoms with Crippen LogP contribution in [0.15, 0.2) is 0 Å². The van der Waals surface area contributed by atoms with Gasteiger partial charge in [0, 0.05) is 19.1 Å². The molecule has 1 N–H and O–H groups in total. The Hall–Kier alpha value is -0.0800. The van der Waals surface area contributed by atoms with Crippen molar-refractivity contribution < 1.29 is 0 Å². The van der Waals surface area contributed by atoms with Crippen molar-refractivity contribution in [2.45, 2.75) is 59.4 Å². The second-order valence-electron chi connectivity index (χ2n) is 8.73. The standard InChI is InChI=1S/C18H36N2/c1-13-9-14(13)11-20(6)12-15-10-16(18(2,3)4)7-8-17(15)19-5/h13-17,19H,7-12H2,1-6H3. The van der Waals surface area contributed by atoms with Gasteiger partial charge in [0.05, 0.1) is 0 Å². The van der Waals surface area contributed by atoms with Crippen LogP contribution in [0.1, 0.15) is 53.4 Å². The summed E-state index contributed by atoms with van der Waals surface area (Å²) in [6.07, 6.45) is 5.61. The van der Waals surface area contributed by atoms with Gasteiger partial charge in [-0.1, -0.05) is 27.7 Å². The zero-order chi connectivity index (χ0) is 14.9. The van der Waals surface area contributed by atoms with Gasteiger partial charge >= 0.3 is 0 Å². The Balaban J connectivity index is 1.87. The van der Waals surface area contributed by atoms with Crippen LogP contribution in [0.5, 0.6) is 0 Å². The third-order valence-corrected chi connectivity index (χ3v) is 5.95. The minimum absolute atomic E-state index is 0.473. The molecule has 0 bridgehead atoms. The van der Waals surface area contributed by atoms with E-state index in [0.29, 0.717) is 5.41 Å². The van der Waals surface area contributed by atoms with Crippen molar-refractivity contribution in [3.05, 3.63) is 0 Å². The first-order valence-electron chi connectivity index (χ1n) is 8.67. The lowest BCUT2D eigenvalue weighted by atomic mass is 9.67. The lowest BCUT2D eigenvalue weighted by Gasteiger charge is -2.43. The fourth-order valence-corrected chi connectivity index (χ4v) is 4.16. The lowest BCUT2D eigenvalue weighted by Crippen LogP contribution is -2.46. The van der Waals surface area contributed by atoms with Gasteiger partial charge in [-0.2, -0.15) is 0 Å². The van der Waals surface area contributed by atoms with Crippen LogP contribution in [0, 0.1) is 29.1 Å². The van der Waals surface area contributed by atoms with E-state index < -0.39 is 0 Å². The monoisotopic (exact) mass is 280 g/mol. The molecule has 0 aromatic carbocycles. The molecule has 20 heavy (non-hydrogen) atoms. The maximum absolute atomic E-state index is 3.58. The summed E-state index contributed by atoms with van der Waals surface area (Å²) in [5, 5.41) is 3.58. The fourth-order valence-electron chi connectivity index (χ4n) is 4.16. The van der Waals surface area contributed by atoms with Gasteiger partial charge in [0.2, 0.25) is 0 Å². The van der Waals surface area contributed by atoms with Crippen LogP contribution in [-0.4, -0.2) is 38.1 Å². The van der Waals surface area contributed by atoms with Crippen LogP contribution in [0.3, 0.4) is 0 Å². The predicted octanol–water partition coefficient (Wildman–Crippen LogP) is 3.62. The van der Waals surface area contributed by atoms with Crippen molar-refractivity contribution in [2.24, 2.45) is 29.1 Å². The van der Waals surface area contributed by atoms with Gasteiger partial charge in [-0.15, -0.1) is 0 Å². The van der Waals surface area contributed by atoms with Crippen molar-refractivity contribution in [3.63, 3.8) is 0 Å². The van der Waals surface area contributed by atoms with Gasteiger partial charge < -0.3 is 10.2 Å². The van der Waals surface area contributed by atoms with E-state index in [1.807, 2.05) is 0 Å². The molecule has 2 aliphatic rings. The lowest BCUT2D eigenvalue weighted by molar-refractivity contribution is 0.0948. The summed E-state index contributed by atoms with van der Waals surface area (Å²) in [7, 11) is 4.48. The Bertz CT molecular complexity index is 307. The second-order valence-corrected chi connectivity index (χ2v) is 8.73. The van der Waals surface area contributed by atoms with Crippen LogP contribution in [-0.2, 0) is 0 Å². The van der Waals surface area contributed by atoms with Crippen LogP contribution in [0.4, 0.5) is 0 Å². The van der Waals surface area contributed by atoms with Crippen molar-refractivity contribution in [2.75, 3.05) is 27.2 Å². The Morgan fingerprint density at radius 2 is 1.65 bits per heavy atom. The summed E-state index contributed by atoms with van der Waals surface area (Å²) >= 11 is 0. The molecule has 5 atom stereocenters. The first-order valence-corrected chi connectivity index (χ1v) is 8.67. The van der Waals surface area contributed by atoms with E-state index in [0.717, 1.165) is 29.7 Å². The Labute approximate surface area is 126 Å². The molecule has 0 aromatic heterocycles. The molecule has 2 fully saturated rings. The Morgan fingerprint density at radius 3 is 2.15 bits per heavy atom. The van der Waals surface area contributed by atoms with E-state index in [2.05, 4.69) is 52.0 Å². The van der Waals surface area contributed by atoms with Gasteiger partial charge in [-0.25, -0.2) is 0 Å². The summed E-state index contributed by atoms with van der Waals surface area (Å²) in [6.45, 7) is 12.2. The molecule has 0 spiro atoms. The molecule has 118 valence electrons. The summed E-state index contributed by atoms with van der Waals surface area (Å²) in [4.78, 5) is 2.61. The second kappa shape index (κ2) is 6.36. The van der Waals surface area contributed by atoms with Gasteiger partial charge in [-0.05, 0) is 68.9 Å². The molecule has 2 aliphatic carbocycles. The highest BCUT2D eigenvalue weighted by atomic mass is 15.1. The zero-order valence-corrected chi connectivity index (χ0v) is 14.6. The molecule has 2 nitrogen and oxygen atoms in total. The molecular weight excluding hydrogens is 244 g/mol. The smallest absolute Gasteiger partial charge is 0.0105 e. The van der Waals surface area contributed by atoms with E-state index in [4.69, 9.17) is 0 Å². The molecule has 0 radical (unpaired) electrons. The number of nitrogens with one attached hydrogen (secondary N) is 1. The molecule has 0 heterocycles. The molecule has 0 amide bonds. The van der Waals surface area contributed by atoms with Crippen molar-refractivity contribution >= 4 is 0 Å². The number of nitrogens with zero attached hydrogens (tertiary/aromatic N) is 1. The summed E-state index contributed by atoms with van der Waals surface area (Å²) in [5.41, 5.74) is 0.473. The van der Waals surface area contributed by atoms with Crippen molar-refractivity contribution in [1.82, 2.24) is 10.2 Å². The summed E-state index contributed by atoms with van der Waals surface area (Å²) < 4.78 is 0. The van der Waals surface area contributed by atoms with Crippen molar-refractivity contribution in [1.29, 1.82) is 0 Å². The van der Waals surface area contributed by atoms with Gasteiger partial charge in [0.25, 0.3) is 0 Å². The van der Waals surface area contributed by atoms with Gasteiger partial charge in [0.1, 0.15) is 0 Å². The SMILES string of the molecule is CNC1CCC(C(C)(C)C)CC1CN(C)CC1CC1C. The first-order chi connectivity index (χ1) is 9.31. The maximum Gasteiger partial charge on any atom is 0.0105 e. The highest BCUT2D eigenvalue weighted by Crippen LogP contribution is 2.41. The third kappa shape index (κ3) is 4.21.